The summed E-state index contributed by atoms with van der Waals surface area (Å²) in [6.45, 7) is 1.58. The number of anilines is 2. The molecule has 2 N–H and O–H groups in total. The van der Waals surface area contributed by atoms with Gasteiger partial charge in [-0.3, -0.25) is 0 Å². The number of aromatic nitrogens is 2. The minimum absolute atomic E-state index is 0.0206. The Balaban J connectivity index is 1.83. The maximum atomic E-state index is 12.2. The van der Waals surface area contributed by atoms with Crippen LogP contribution >= 0.6 is 27.3 Å². The molecule has 0 bridgehead atoms. The van der Waals surface area contributed by atoms with Gasteiger partial charge in [0.15, 0.2) is 9.84 Å². The summed E-state index contributed by atoms with van der Waals surface area (Å²) in [5.74, 6) is 0.412. The fourth-order valence-electron chi connectivity index (χ4n) is 2.91. The Morgan fingerprint density at radius 2 is 1.90 bits per heavy atom. The number of aromatic hydroxyl groups is 1. The molecule has 2 aromatic carbocycles. The molecule has 4 rings (SSSR count). The lowest BCUT2D eigenvalue weighted by atomic mass is 10.1. The number of nitrogens with one attached hydrogen (secondary N) is 1. The number of nitrogens with zero attached hydrogens (tertiary/aromatic N) is 2. The second-order valence-corrected chi connectivity index (χ2v) is 10.3. The highest BCUT2D eigenvalue weighted by molar-refractivity contribution is 9.10. The molecule has 0 spiro atoms. The highest BCUT2D eigenvalue weighted by Gasteiger charge is 2.17. The minimum Gasteiger partial charge on any atom is -0.506 e. The molecule has 0 aliphatic carbocycles. The van der Waals surface area contributed by atoms with Gasteiger partial charge in [0.1, 0.15) is 22.7 Å². The normalized spacial score (nSPS) is 11.7. The zero-order valence-corrected chi connectivity index (χ0v) is 18.5. The first kappa shape index (κ1) is 19.8. The fourth-order valence-corrected chi connectivity index (χ4v) is 5.00. The first-order valence-electron chi connectivity index (χ1n) is 8.70. The van der Waals surface area contributed by atoms with Crippen molar-refractivity contribution in [3.63, 3.8) is 0 Å². The number of thiophene rings is 1. The molecule has 0 saturated heterocycles. The average Bonchev–Trinajstić information content (AvgIpc) is 3.15. The van der Waals surface area contributed by atoms with Crippen molar-refractivity contribution in [3.05, 3.63) is 58.6 Å². The Morgan fingerprint density at radius 3 is 2.62 bits per heavy atom. The summed E-state index contributed by atoms with van der Waals surface area (Å²) in [6, 6.07) is 12.1. The zero-order valence-electron chi connectivity index (χ0n) is 15.3. The van der Waals surface area contributed by atoms with Gasteiger partial charge in [0.05, 0.1) is 21.7 Å². The van der Waals surface area contributed by atoms with E-state index < -0.39 is 9.84 Å². The Hall–Kier alpha value is -2.49. The highest BCUT2D eigenvalue weighted by Crippen LogP contribution is 2.39. The molecule has 0 fully saturated rings. The maximum absolute atomic E-state index is 12.2. The van der Waals surface area contributed by atoms with Crippen LogP contribution in [0.2, 0.25) is 0 Å². The Kier molecular flexibility index (Phi) is 5.28. The number of phenolic OH excluding ortho intramolecular Hbond substituents is 1. The molecular weight excluding hydrogens is 474 g/mol. The van der Waals surface area contributed by atoms with Crippen molar-refractivity contribution in [3.8, 4) is 16.9 Å². The van der Waals surface area contributed by atoms with Crippen LogP contribution in [0.4, 0.5) is 11.5 Å². The largest absolute Gasteiger partial charge is 0.506 e. The number of halogens is 1. The molecule has 148 valence electrons. The minimum atomic E-state index is -3.40. The van der Waals surface area contributed by atoms with Gasteiger partial charge in [0.2, 0.25) is 0 Å². The smallest absolute Gasteiger partial charge is 0.178 e. The summed E-state index contributed by atoms with van der Waals surface area (Å²) in [7, 11) is -3.40. The SMILES string of the molecule is CCS(=O)(=O)c1ccc(O)c(Nc2ncnc3scc(-c4ccc(Br)cc4)c23)c1. The third-order valence-corrected chi connectivity index (χ3v) is 7.63. The van der Waals surface area contributed by atoms with Crippen LogP contribution < -0.4 is 5.32 Å². The van der Waals surface area contributed by atoms with Crippen molar-refractivity contribution >= 4 is 58.8 Å². The number of rotatable bonds is 5. The summed E-state index contributed by atoms with van der Waals surface area (Å²) < 4.78 is 25.4. The standard InChI is InChI=1S/C20H16BrN3O3S2/c1-2-29(26,27)14-7-8-17(25)16(9-14)24-19-18-15(10-28-20(18)23-11-22-19)12-3-5-13(21)6-4-12/h3-11,25H,2H2,1H3,(H,22,23,24). The molecule has 6 nitrogen and oxygen atoms in total. The molecule has 2 aromatic heterocycles. The highest BCUT2D eigenvalue weighted by atomic mass is 79.9. The van der Waals surface area contributed by atoms with Crippen LogP contribution in [0.25, 0.3) is 21.3 Å². The number of phenols is 1. The predicted molar refractivity (Wildman–Crippen MR) is 120 cm³/mol. The molecule has 2 heterocycles. The van der Waals surface area contributed by atoms with Crippen molar-refractivity contribution in [2.24, 2.45) is 0 Å². The Bertz CT molecular complexity index is 1300. The third-order valence-electron chi connectivity index (χ3n) is 4.49. The van der Waals surface area contributed by atoms with Gasteiger partial charge in [-0.15, -0.1) is 11.3 Å². The molecular formula is C20H16BrN3O3S2. The molecule has 4 aromatic rings. The lowest BCUT2D eigenvalue weighted by molar-refractivity contribution is 0.477. The van der Waals surface area contributed by atoms with E-state index >= 15 is 0 Å². The van der Waals surface area contributed by atoms with Crippen molar-refractivity contribution in [1.29, 1.82) is 0 Å². The van der Waals surface area contributed by atoms with Gasteiger partial charge >= 0.3 is 0 Å². The molecule has 0 aliphatic heterocycles. The molecule has 0 atom stereocenters. The average molecular weight is 490 g/mol. The maximum Gasteiger partial charge on any atom is 0.178 e. The van der Waals surface area contributed by atoms with E-state index in [0.29, 0.717) is 5.82 Å². The van der Waals surface area contributed by atoms with Gasteiger partial charge < -0.3 is 10.4 Å². The molecule has 0 radical (unpaired) electrons. The number of benzene rings is 2. The monoisotopic (exact) mass is 489 g/mol. The molecule has 29 heavy (non-hydrogen) atoms. The van der Waals surface area contributed by atoms with Gasteiger partial charge in [0, 0.05) is 15.4 Å². The number of fused-ring (bicyclic) bond motifs is 1. The fraction of sp³-hybridized carbons (Fsp3) is 0.100. The van der Waals surface area contributed by atoms with E-state index in [9.17, 15) is 13.5 Å². The third kappa shape index (κ3) is 3.85. The van der Waals surface area contributed by atoms with E-state index in [0.717, 1.165) is 25.8 Å². The van der Waals surface area contributed by atoms with Crippen LogP contribution in [0, 0.1) is 0 Å². The van der Waals surface area contributed by atoms with E-state index in [4.69, 9.17) is 0 Å². The van der Waals surface area contributed by atoms with Crippen LogP contribution in [0.15, 0.2) is 63.5 Å². The van der Waals surface area contributed by atoms with Gasteiger partial charge in [-0.2, -0.15) is 0 Å². The summed E-state index contributed by atoms with van der Waals surface area (Å²) in [5.41, 5.74) is 2.23. The summed E-state index contributed by atoms with van der Waals surface area (Å²) in [5, 5.41) is 16.2. The zero-order chi connectivity index (χ0) is 20.6. The van der Waals surface area contributed by atoms with Crippen LogP contribution in [0.1, 0.15) is 6.92 Å². The summed E-state index contributed by atoms with van der Waals surface area (Å²) in [6.07, 6.45) is 1.44. The molecule has 0 saturated carbocycles. The topological polar surface area (TPSA) is 92.2 Å². The van der Waals surface area contributed by atoms with E-state index in [2.05, 4.69) is 31.2 Å². The first-order chi connectivity index (χ1) is 13.9. The second-order valence-electron chi connectivity index (χ2n) is 6.27. The molecule has 9 heteroatoms. The van der Waals surface area contributed by atoms with Crippen LogP contribution in [0.5, 0.6) is 5.75 Å². The first-order valence-corrected chi connectivity index (χ1v) is 12.0. The Morgan fingerprint density at radius 1 is 1.14 bits per heavy atom. The lowest BCUT2D eigenvalue weighted by Crippen LogP contribution is -2.04. The van der Waals surface area contributed by atoms with E-state index in [1.807, 2.05) is 29.6 Å². The van der Waals surface area contributed by atoms with Crippen molar-refractivity contribution in [2.45, 2.75) is 11.8 Å². The van der Waals surface area contributed by atoms with Crippen molar-refractivity contribution in [1.82, 2.24) is 9.97 Å². The Labute approximate surface area is 180 Å². The van der Waals surface area contributed by atoms with Gasteiger partial charge in [-0.05, 0) is 35.9 Å². The molecule has 0 aliphatic rings. The number of hydrogen-bond donors (Lipinski definition) is 2. The number of sulfone groups is 1. The van der Waals surface area contributed by atoms with Crippen LogP contribution in [-0.2, 0) is 9.84 Å². The molecule has 0 amide bonds. The predicted octanol–water partition coefficient (Wildman–Crippen LogP) is 5.36. The van der Waals surface area contributed by atoms with Crippen LogP contribution in [0.3, 0.4) is 0 Å². The lowest BCUT2D eigenvalue weighted by Gasteiger charge is -2.12. The van der Waals surface area contributed by atoms with Gasteiger partial charge in [0.25, 0.3) is 0 Å². The molecule has 0 unspecified atom stereocenters. The number of hydrogen-bond acceptors (Lipinski definition) is 7. The van der Waals surface area contributed by atoms with E-state index in [-0.39, 0.29) is 22.1 Å². The van der Waals surface area contributed by atoms with E-state index in [1.165, 1.54) is 35.9 Å². The van der Waals surface area contributed by atoms with Gasteiger partial charge in [-0.25, -0.2) is 18.4 Å². The second kappa shape index (κ2) is 7.74. The van der Waals surface area contributed by atoms with E-state index in [1.54, 1.807) is 6.92 Å². The van der Waals surface area contributed by atoms with Crippen molar-refractivity contribution in [2.75, 3.05) is 11.1 Å². The quantitative estimate of drug-likeness (QED) is 0.366. The summed E-state index contributed by atoms with van der Waals surface area (Å²) >= 11 is 4.93. The van der Waals surface area contributed by atoms with Gasteiger partial charge in [-0.1, -0.05) is 35.0 Å². The summed E-state index contributed by atoms with van der Waals surface area (Å²) in [4.78, 5) is 9.62. The van der Waals surface area contributed by atoms with Crippen LogP contribution in [-0.4, -0.2) is 29.2 Å². The van der Waals surface area contributed by atoms with Crippen molar-refractivity contribution < 1.29 is 13.5 Å².